The molecule has 0 unspecified atom stereocenters. The summed E-state index contributed by atoms with van der Waals surface area (Å²) < 4.78 is 20.7. The molecule has 0 aliphatic carbocycles. The Bertz CT molecular complexity index is 250. The fourth-order valence-corrected chi connectivity index (χ4v) is 1.33. The van der Waals surface area contributed by atoms with Gasteiger partial charge in [-0.25, -0.2) is 0 Å². The van der Waals surface area contributed by atoms with Gasteiger partial charge in [0.2, 0.25) is 0 Å². The van der Waals surface area contributed by atoms with Crippen LogP contribution in [0.25, 0.3) is 0 Å². The van der Waals surface area contributed by atoms with Crippen LogP contribution >= 0.6 is 11.8 Å². The molecule has 0 aromatic rings. The number of nitrogens with zero attached hydrogens (tertiary/aromatic N) is 2. The Balaban J connectivity index is 2.82. The Kier molecular flexibility index (Phi) is 1.46. The van der Waals surface area contributed by atoms with E-state index in [2.05, 4.69) is 15.5 Å². The van der Waals surface area contributed by atoms with Crippen LogP contribution in [0.5, 0.6) is 0 Å². The van der Waals surface area contributed by atoms with Gasteiger partial charge in [-0.1, -0.05) is 16.9 Å². The third kappa shape index (κ3) is 1.41. The summed E-state index contributed by atoms with van der Waals surface area (Å²) in [7, 11) is 0. The molecule has 0 saturated carbocycles. The van der Waals surface area contributed by atoms with Crippen LogP contribution < -0.4 is 5.32 Å². The first kappa shape index (κ1) is 4.23. The van der Waals surface area contributed by atoms with Crippen LogP contribution in [0.2, 0.25) is 0 Å². The van der Waals surface area contributed by atoms with Crippen molar-refractivity contribution in [2.45, 2.75) is 0 Å². The minimum absolute atomic E-state index is 0.138. The minimum atomic E-state index is -2.39. The van der Waals surface area contributed by atoms with Gasteiger partial charge < -0.3 is 10.5 Å². The molecule has 0 atom stereocenters. The number of amidine groups is 1. The van der Waals surface area contributed by atoms with Gasteiger partial charge in [-0.2, -0.15) is 0 Å². The fraction of sp³-hybridized carbons (Fsp3) is 0.600. The van der Waals surface area contributed by atoms with E-state index in [0.717, 1.165) is 5.75 Å². The van der Waals surface area contributed by atoms with E-state index in [0.29, 0.717) is 6.54 Å². The smallest absolute Gasteiger partial charge is 0.177 e. The number of hydrogen-bond donors (Lipinski definition) is 2. The molecule has 0 radical (unpaired) electrons. The van der Waals surface area contributed by atoms with Crippen molar-refractivity contribution in [2.75, 3.05) is 19.3 Å². The molecule has 5 heteroatoms. The van der Waals surface area contributed by atoms with Gasteiger partial charge in [0.1, 0.15) is 0 Å². The van der Waals surface area contributed by atoms with Crippen molar-refractivity contribution < 1.29 is 9.32 Å². The molecule has 0 amide bonds. The second kappa shape index (κ2) is 3.46. The van der Waals surface area contributed by atoms with Crippen LogP contribution in [0, 0.1) is 0 Å². The monoisotopic (exact) mass is 162 g/mol. The Morgan fingerprint density at radius 3 is 3.50 bits per heavy atom. The molecule has 1 saturated heterocycles. The predicted octanol–water partition coefficient (Wildman–Crippen LogP) is 0.139. The lowest BCUT2D eigenvalue weighted by molar-refractivity contribution is 0.321. The van der Waals surface area contributed by atoms with Crippen molar-refractivity contribution in [3.63, 3.8) is 0 Å². The molecule has 4 nitrogen and oxygen atoms in total. The number of aliphatic imine (C=N–C) groups is 1. The summed E-state index contributed by atoms with van der Waals surface area (Å²) in [5.74, 6) is 0.873. The van der Waals surface area contributed by atoms with E-state index < -0.39 is 6.98 Å². The SMILES string of the molecule is [2H]C([2H])([2H])N=C1NCCS/C1=N\O. The third-order valence-corrected chi connectivity index (χ3v) is 2.00. The number of hydrogen-bond acceptors (Lipinski definition) is 4. The molecule has 56 valence electrons. The van der Waals surface area contributed by atoms with Gasteiger partial charge in [0.25, 0.3) is 0 Å². The number of rotatable bonds is 0. The van der Waals surface area contributed by atoms with E-state index in [9.17, 15) is 0 Å². The van der Waals surface area contributed by atoms with Crippen molar-refractivity contribution in [2.24, 2.45) is 10.1 Å². The zero-order valence-electron chi connectivity index (χ0n) is 8.16. The zero-order valence-corrected chi connectivity index (χ0v) is 5.98. The molecular weight excluding hydrogens is 150 g/mol. The highest BCUT2D eigenvalue weighted by atomic mass is 32.2. The van der Waals surface area contributed by atoms with Crippen molar-refractivity contribution in [1.29, 1.82) is 0 Å². The molecule has 0 bridgehead atoms. The maximum atomic E-state index is 8.52. The van der Waals surface area contributed by atoms with Crippen molar-refractivity contribution in [3.8, 4) is 0 Å². The Hall–Kier alpha value is -0.710. The van der Waals surface area contributed by atoms with E-state index >= 15 is 0 Å². The number of nitrogens with one attached hydrogen (secondary N) is 1. The summed E-state index contributed by atoms with van der Waals surface area (Å²) in [6, 6.07) is 0. The molecule has 0 spiro atoms. The van der Waals surface area contributed by atoms with Crippen LogP contribution in [-0.4, -0.2) is 35.4 Å². The Labute approximate surface area is 67.6 Å². The van der Waals surface area contributed by atoms with Gasteiger partial charge in [0.15, 0.2) is 10.9 Å². The van der Waals surface area contributed by atoms with Crippen molar-refractivity contribution in [1.82, 2.24) is 5.32 Å². The summed E-state index contributed by atoms with van der Waals surface area (Å²) in [5, 5.41) is 14.4. The van der Waals surface area contributed by atoms with Crippen molar-refractivity contribution in [3.05, 3.63) is 0 Å². The number of oxime groups is 1. The van der Waals surface area contributed by atoms with Gasteiger partial charge in [0, 0.05) is 23.4 Å². The second-order valence-electron chi connectivity index (χ2n) is 1.64. The molecule has 1 rings (SSSR count). The first-order chi connectivity index (χ1) is 6.03. The molecule has 1 heterocycles. The topological polar surface area (TPSA) is 57.0 Å². The molecule has 1 aliphatic heterocycles. The van der Waals surface area contributed by atoms with E-state index in [1.165, 1.54) is 11.8 Å². The fourth-order valence-electron chi connectivity index (χ4n) is 0.625. The third-order valence-electron chi connectivity index (χ3n) is 1.04. The maximum Gasteiger partial charge on any atom is 0.177 e. The molecule has 0 aromatic carbocycles. The molecule has 0 aromatic heterocycles. The lowest BCUT2D eigenvalue weighted by Gasteiger charge is -2.14. The van der Waals surface area contributed by atoms with Crippen molar-refractivity contribution >= 4 is 22.6 Å². The summed E-state index contributed by atoms with van der Waals surface area (Å²) >= 11 is 1.27. The summed E-state index contributed by atoms with van der Waals surface area (Å²) in [4.78, 5) is 3.41. The molecule has 10 heavy (non-hydrogen) atoms. The van der Waals surface area contributed by atoms with Gasteiger partial charge in [-0.15, -0.1) is 0 Å². The first-order valence-electron chi connectivity index (χ1n) is 4.22. The number of thioether (sulfide) groups is 1. The van der Waals surface area contributed by atoms with E-state index in [1.54, 1.807) is 0 Å². The summed E-state index contributed by atoms with van der Waals surface area (Å²) in [6.07, 6.45) is 0. The largest absolute Gasteiger partial charge is 0.410 e. The normalized spacial score (nSPS) is 32.6. The lowest BCUT2D eigenvalue weighted by atomic mass is 10.5. The van der Waals surface area contributed by atoms with E-state index in [4.69, 9.17) is 9.32 Å². The standard InChI is InChI=1S/C5H9N3OS/c1-6-4-5(8-9)10-3-2-7-4/h9H,2-3H2,1H3,(H,6,7)/b8-5-/i1D3. The summed E-state index contributed by atoms with van der Waals surface area (Å²) in [5.41, 5.74) is 0. The molecule has 1 fully saturated rings. The van der Waals surface area contributed by atoms with Crippen LogP contribution in [0.3, 0.4) is 0 Å². The Morgan fingerprint density at radius 1 is 1.90 bits per heavy atom. The zero-order chi connectivity index (χ0) is 9.90. The van der Waals surface area contributed by atoms with E-state index in [1.807, 2.05) is 0 Å². The molecule has 1 aliphatic rings. The van der Waals surface area contributed by atoms with Gasteiger partial charge >= 0.3 is 0 Å². The van der Waals surface area contributed by atoms with Gasteiger partial charge in [-0.3, -0.25) is 4.99 Å². The lowest BCUT2D eigenvalue weighted by Crippen LogP contribution is -2.36. The average Bonchev–Trinajstić information content (AvgIpc) is 2.02. The van der Waals surface area contributed by atoms with Crippen LogP contribution in [0.1, 0.15) is 4.11 Å². The van der Waals surface area contributed by atoms with E-state index in [-0.39, 0.29) is 10.9 Å². The molecule has 2 N–H and O–H groups in total. The highest BCUT2D eigenvalue weighted by Crippen LogP contribution is 2.07. The van der Waals surface area contributed by atoms with Crippen LogP contribution in [-0.2, 0) is 0 Å². The van der Waals surface area contributed by atoms with Gasteiger partial charge in [-0.05, 0) is 0 Å². The average molecular weight is 162 g/mol. The van der Waals surface area contributed by atoms with Gasteiger partial charge in [0.05, 0.1) is 0 Å². The first-order valence-corrected chi connectivity index (χ1v) is 3.70. The molecular formula is C5H9N3OS. The second-order valence-corrected chi connectivity index (χ2v) is 2.72. The highest BCUT2D eigenvalue weighted by molar-refractivity contribution is 8.15. The summed E-state index contributed by atoms with van der Waals surface area (Å²) in [6.45, 7) is -1.77. The quantitative estimate of drug-likeness (QED) is 0.393. The minimum Gasteiger partial charge on any atom is -0.410 e. The maximum absolute atomic E-state index is 8.52. The predicted molar refractivity (Wildman–Crippen MR) is 43.0 cm³/mol. The Morgan fingerprint density at radius 2 is 2.80 bits per heavy atom. The van der Waals surface area contributed by atoms with Crippen LogP contribution in [0.4, 0.5) is 0 Å². The van der Waals surface area contributed by atoms with Crippen LogP contribution in [0.15, 0.2) is 10.1 Å². The highest BCUT2D eigenvalue weighted by Gasteiger charge is 2.13.